The molecule has 2 aromatic heterocycles. The first-order valence-electron chi connectivity index (χ1n) is 11.6. The number of para-hydroxylation sites is 1. The molecule has 0 saturated carbocycles. The number of carbonyl (C=O) groups excluding carboxylic acids is 2. The van der Waals surface area contributed by atoms with Gasteiger partial charge < -0.3 is 20.3 Å². The zero-order valence-electron chi connectivity index (χ0n) is 20.2. The summed E-state index contributed by atoms with van der Waals surface area (Å²) in [5.74, 6) is 0.685. The molecule has 1 aromatic carbocycles. The minimum absolute atomic E-state index is 0.0573. The number of nitrogens with zero attached hydrogens (tertiary/aromatic N) is 4. The number of anilines is 1. The van der Waals surface area contributed by atoms with Crippen molar-refractivity contribution >= 4 is 28.7 Å². The van der Waals surface area contributed by atoms with Crippen molar-refractivity contribution < 1.29 is 14.3 Å². The maximum Gasteiger partial charge on any atom is 0.319 e. The predicted octanol–water partition coefficient (Wildman–Crippen LogP) is 3.34. The summed E-state index contributed by atoms with van der Waals surface area (Å²) in [4.78, 5) is 31.8. The molecule has 2 N–H and O–H groups in total. The van der Waals surface area contributed by atoms with E-state index in [1.165, 1.54) is 0 Å². The van der Waals surface area contributed by atoms with Crippen molar-refractivity contribution in [3.63, 3.8) is 0 Å². The van der Waals surface area contributed by atoms with Gasteiger partial charge in [-0.25, -0.2) is 14.5 Å². The van der Waals surface area contributed by atoms with Crippen molar-refractivity contribution in [3.8, 4) is 5.88 Å². The van der Waals surface area contributed by atoms with Gasteiger partial charge in [-0.15, -0.1) is 5.10 Å². The summed E-state index contributed by atoms with van der Waals surface area (Å²) in [5, 5.41) is 11.2. The molecular weight excluding hydrogens is 432 g/mol. The van der Waals surface area contributed by atoms with Crippen LogP contribution in [0.3, 0.4) is 0 Å². The van der Waals surface area contributed by atoms with Gasteiger partial charge in [-0.05, 0) is 56.4 Å². The number of hydrogen-bond donors (Lipinski definition) is 2. The highest BCUT2D eigenvalue weighted by atomic mass is 16.5. The standard InChI is InChI=1S/C25H32N6O3/c1-16-20(17(2)26-23-22(16)24(34-4)29-30(23)3)10-11-21(32)31-14-12-19(13-15-31)28-25(33)27-18-8-6-5-7-9-18/h5-9,19H,10-15H2,1-4H3,(H2,27,28,33). The van der Waals surface area contributed by atoms with E-state index in [2.05, 4.69) is 15.7 Å². The number of amides is 3. The van der Waals surface area contributed by atoms with E-state index >= 15 is 0 Å². The minimum atomic E-state index is -0.212. The average molecular weight is 465 g/mol. The molecule has 0 aliphatic carbocycles. The number of fused-ring (bicyclic) bond motifs is 1. The molecule has 0 atom stereocenters. The number of likely N-dealkylation sites (tertiary alicyclic amines) is 1. The van der Waals surface area contributed by atoms with Crippen molar-refractivity contribution in [2.24, 2.45) is 7.05 Å². The Labute approximate surface area is 199 Å². The fourth-order valence-corrected chi connectivity index (χ4v) is 4.64. The van der Waals surface area contributed by atoms with Gasteiger partial charge in [0.1, 0.15) is 0 Å². The summed E-state index contributed by atoms with van der Waals surface area (Å²) in [6.45, 7) is 5.30. The Kier molecular flexibility index (Phi) is 7.00. The van der Waals surface area contributed by atoms with Crippen molar-refractivity contribution in [1.82, 2.24) is 25.0 Å². The highest BCUT2D eigenvalue weighted by molar-refractivity contribution is 5.89. The van der Waals surface area contributed by atoms with Gasteiger partial charge in [0.25, 0.3) is 0 Å². The molecule has 0 bridgehead atoms. The molecular formula is C25H32N6O3. The van der Waals surface area contributed by atoms with Crippen molar-refractivity contribution in [2.75, 3.05) is 25.5 Å². The SMILES string of the molecule is COc1nn(C)c2nc(C)c(CCC(=O)N3CCC(NC(=O)Nc4ccccc4)CC3)c(C)c12. The van der Waals surface area contributed by atoms with Crippen LogP contribution in [0.1, 0.15) is 36.1 Å². The summed E-state index contributed by atoms with van der Waals surface area (Å²) in [6.07, 6.45) is 2.53. The Morgan fingerprint density at radius 1 is 1.15 bits per heavy atom. The maximum absolute atomic E-state index is 12.9. The first-order chi connectivity index (χ1) is 16.4. The number of pyridine rings is 1. The molecule has 1 fully saturated rings. The van der Waals surface area contributed by atoms with E-state index in [0.717, 1.165) is 46.4 Å². The second-order valence-electron chi connectivity index (χ2n) is 8.75. The number of methoxy groups -OCH3 is 1. The molecule has 1 aliphatic rings. The van der Waals surface area contributed by atoms with Crippen LogP contribution in [0.25, 0.3) is 11.0 Å². The van der Waals surface area contributed by atoms with E-state index in [1.807, 2.05) is 56.1 Å². The van der Waals surface area contributed by atoms with Crippen LogP contribution in [-0.2, 0) is 18.3 Å². The summed E-state index contributed by atoms with van der Waals surface area (Å²) < 4.78 is 7.16. The maximum atomic E-state index is 12.9. The van der Waals surface area contributed by atoms with Gasteiger partial charge in [0.05, 0.1) is 12.5 Å². The molecule has 3 heterocycles. The van der Waals surface area contributed by atoms with Crippen LogP contribution in [0.15, 0.2) is 30.3 Å². The lowest BCUT2D eigenvalue weighted by Crippen LogP contribution is -2.47. The average Bonchev–Trinajstić information content (AvgIpc) is 3.15. The molecule has 180 valence electrons. The van der Waals surface area contributed by atoms with E-state index in [1.54, 1.807) is 11.8 Å². The summed E-state index contributed by atoms with van der Waals surface area (Å²) in [5.41, 5.74) is 4.59. The molecule has 9 heteroatoms. The van der Waals surface area contributed by atoms with E-state index in [-0.39, 0.29) is 18.0 Å². The zero-order chi connectivity index (χ0) is 24.2. The van der Waals surface area contributed by atoms with E-state index in [0.29, 0.717) is 31.8 Å². The third-order valence-electron chi connectivity index (χ3n) is 6.52. The number of benzene rings is 1. The van der Waals surface area contributed by atoms with Gasteiger partial charge in [0, 0.05) is 44.0 Å². The Morgan fingerprint density at radius 2 is 1.85 bits per heavy atom. The fourth-order valence-electron chi connectivity index (χ4n) is 4.64. The highest BCUT2D eigenvalue weighted by Gasteiger charge is 2.25. The van der Waals surface area contributed by atoms with Gasteiger partial charge >= 0.3 is 6.03 Å². The molecule has 1 aliphatic heterocycles. The number of carbonyl (C=O) groups is 2. The predicted molar refractivity (Wildman–Crippen MR) is 131 cm³/mol. The van der Waals surface area contributed by atoms with Crippen LogP contribution in [0.5, 0.6) is 5.88 Å². The quantitative estimate of drug-likeness (QED) is 0.583. The lowest BCUT2D eigenvalue weighted by Gasteiger charge is -2.32. The summed E-state index contributed by atoms with van der Waals surface area (Å²) in [7, 11) is 3.46. The molecule has 0 radical (unpaired) electrons. The lowest BCUT2D eigenvalue weighted by atomic mass is 9.99. The number of piperidine rings is 1. The van der Waals surface area contributed by atoms with Crippen LogP contribution in [-0.4, -0.2) is 57.8 Å². The molecule has 34 heavy (non-hydrogen) atoms. The lowest BCUT2D eigenvalue weighted by molar-refractivity contribution is -0.132. The van der Waals surface area contributed by atoms with Crippen LogP contribution in [0.4, 0.5) is 10.5 Å². The Balaban J connectivity index is 1.31. The second kappa shape index (κ2) is 10.1. The molecule has 1 saturated heterocycles. The zero-order valence-corrected chi connectivity index (χ0v) is 20.2. The largest absolute Gasteiger partial charge is 0.479 e. The van der Waals surface area contributed by atoms with E-state index in [9.17, 15) is 9.59 Å². The Morgan fingerprint density at radius 3 is 2.53 bits per heavy atom. The van der Waals surface area contributed by atoms with Crippen molar-refractivity contribution in [1.29, 1.82) is 0 Å². The molecule has 3 amide bonds. The van der Waals surface area contributed by atoms with Gasteiger partial charge in [0.15, 0.2) is 5.65 Å². The summed E-state index contributed by atoms with van der Waals surface area (Å²) in [6, 6.07) is 9.21. The number of urea groups is 1. The van der Waals surface area contributed by atoms with Gasteiger partial charge in [-0.1, -0.05) is 18.2 Å². The fraction of sp³-hybridized carbons (Fsp3) is 0.440. The Hall–Kier alpha value is -3.62. The second-order valence-corrected chi connectivity index (χ2v) is 8.75. The van der Waals surface area contributed by atoms with Crippen molar-refractivity contribution in [2.45, 2.75) is 45.6 Å². The molecule has 3 aromatic rings. The first kappa shape index (κ1) is 23.5. The minimum Gasteiger partial charge on any atom is -0.479 e. The highest BCUT2D eigenvalue weighted by Crippen LogP contribution is 2.30. The van der Waals surface area contributed by atoms with E-state index < -0.39 is 0 Å². The van der Waals surface area contributed by atoms with Crippen LogP contribution in [0.2, 0.25) is 0 Å². The molecule has 4 rings (SSSR count). The van der Waals surface area contributed by atoms with Crippen LogP contribution >= 0.6 is 0 Å². The van der Waals surface area contributed by atoms with Gasteiger partial charge in [-0.2, -0.15) is 0 Å². The number of rotatable bonds is 6. The number of ether oxygens (including phenoxy) is 1. The van der Waals surface area contributed by atoms with Crippen LogP contribution < -0.4 is 15.4 Å². The number of nitrogens with one attached hydrogen (secondary N) is 2. The molecule has 0 spiro atoms. The summed E-state index contributed by atoms with van der Waals surface area (Å²) >= 11 is 0. The Bertz CT molecular complexity index is 1180. The third kappa shape index (κ3) is 4.98. The van der Waals surface area contributed by atoms with Crippen LogP contribution in [0, 0.1) is 13.8 Å². The molecule has 9 nitrogen and oxygen atoms in total. The molecule has 0 unspecified atom stereocenters. The normalized spacial score (nSPS) is 14.3. The smallest absolute Gasteiger partial charge is 0.319 e. The topological polar surface area (TPSA) is 101 Å². The number of hydrogen-bond acceptors (Lipinski definition) is 5. The third-order valence-corrected chi connectivity index (χ3v) is 6.52. The monoisotopic (exact) mass is 464 g/mol. The number of aryl methyl sites for hydroxylation is 3. The van der Waals surface area contributed by atoms with Crippen molar-refractivity contribution in [3.05, 3.63) is 47.2 Å². The van der Waals surface area contributed by atoms with Gasteiger partial charge in [0.2, 0.25) is 11.8 Å². The first-order valence-corrected chi connectivity index (χ1v) is 11.6. The van der Waals surface area contributed by atoms with Gasteiger partial charge in [-0.3, -0.25) is 4.79 Å². The number of aromatic nitrogens is 3. The van der Waals surface area contributed by atoms with E-state index in [4.69, 9.17) is 9.72 Å².